The third kappa shape index (κ3) is 14.8. The summed E-state index contributed by atoms with van der Waals surface area (Å²) < 4.78 is 49.2. The van der Waals surface area contributed by atoms with Gasteiger partial charge in [-0.25, -0.2) is 0 Å². The summed E-state index contributed by atoms with van der Waals surface area (Å²) in [5.74, 6) is 1.66. The molecule has 0 aliphatic rings. The average molecular weight is 603 g/mol. The quantitative estimate of drug-likeness (QED) is 0.130. The molecule has 0 bridgehead atoms. The predicted octanol–water partition coefficient (Wildman–Crippen LogP) is 7.60. The Balaban J connectivity index is 0.000000336. The van der Waals surface area contributed by atoms with Gasteiger partial charge in [-0.15, -0.1) is 0 Å². The molecule has 0 spiro atoms. The second-order valence-electron chi connectivity index (χ2n) is 7.81. The van der Waals surface area contributed by atoms with Gasteiger partial charge in [-0.2, -0.15) is 0 Å². The number of pyridine rings is 2. The van der Waals surface area contributed by atoms with Crippen molar-refractivity contribution in [3.63, 3.8) is 0 Å². The number of hydrogen-bond acceptors (Lipinski definition) is 6. The normalized spacial score (nSPS) is 10.6. The van der Waals surface area contributed by atoms with Crippen LogP contribution in [-0.2, 0) is 17.1 Å². The van der Waals surface area contributed by atoms with Crippen LogP contribution in [-0.4, -0.2) is 43.9 Å². The van der Waals surface area contributed by atoms with Crippen LogP contribution in [0.1, 0.15) is 22.8 Å². The Morgan fingerprint density at radius 2 is 0.925 bits per heavy atom. The van der Waals surface area contributed by atoms with Crippen LogP contribution >= 0.6 is 0 Å². The van der Waals surface area contributed by atoms with Crippen molar-refractivity contribution in [1.29, 1.82) is 0 Å². The smallest absolute Gasteiger partial charge is 0.497 e. The summed E-state index contributed by atoms with van der Waals surface area (Å²) in [6.07, 6.45) is 3.52. The molecular formula is C28H28BCuF4N4O2. The van der Waals surface area contributed by atoms with Gasteiger partial charge in [0.1, 0.15) is 11.5 Å². The summed E-state index contributed by atoms with van der Waals surface area (Å²) in [5.41, 5.74) is 5.47. The minimum absolute atomic E-state index is 0. The molecule has 214 valence electrons. The maximum absolute atomic E-state index is 9.75. The number of aryl methyl sites for hydroxylation is 2. The molecule has 0 radical (unpaired) electrons. The van der Waals surface area contributed by atoms with E-state index in [4.69, 9.17) is 9.47 Å². The molecule has 0 amide bonds. The first-order valence-electron chi connectivity index (χ1n) is 11.7. The molecular weight excluding hydrogens is 575 g/mol. The van der Waals surface area contributed by atoms with Crippen LogP contribution in [0.25, 0.3) is 0 Å². The summed E-state index contributed by atoms with van der Waals surface area (Å²) in [7, 11) is -2.70. The van der Waals surface area contributed by atoms with Gasteiger partial charge in [0.2, 0.25) is 0 Å². The molecule has 0 N–H and O–H groups in total. The molecule has 0 saturated carbocycles. The van der Waals surface area contributed by atoms with Gasteiger partial charge in [0, 0.05) is 11.4 Å². The molecule has 6 nitrogen and oxygen atoms in total. The summed E-state index contributed by atoms with van der Waals surface area (Å²) in [6.45, 7) is 3.93. The largest absolute Gasteiger partial charge is 1.00 e. The van der Waals surface area contributed by atoms with E-state index in [0.29, 0.717) is 0 Å². The summed E-state index contributed by atoms with van der Waals surface area (Å²) in [5, 5.41) is 0. The van der Waals surface area contributed by atoms with Gasteiger partial charge in [0.25, 0.3) is 0 Å². The van der Waals surface area contributed by atoms with Gasteiger partial charge in [-0.05, 0) is 86.6 Å². The van der Waals surface area contributed by atoms with Crippen LogP contribution in [0.5, 0.6) is 11.5 Å². The van der Waals surface area contributed by atoms with Crippen LogP contribution in [0.4, 0.5) is 28.6 Å². The molecule has 0 aliphatic carbocycles. The standard InChI is InChI=1S/2C14H14N2O.BF4.Cu/c2*1-11-4-3-5-13(16-11)10-15-12-6-8-14(17-2)9-7-12;2-1(3,4)5;/h2*3-10H,1-2H3;;/q;;-1;+1. The van der Waals surface area contributed by atoms with E-state index in [1.165, 1.54) is 0 Å². The van der Waals surface area contributed by atoms with Crippen LogP contribution in [0.2, 0.25) is 0 Å². The molecule has 0 unspecified atom stereocenters. The van der Waals surface area contributed by atoms with Crippen molar-refractivity contribution in [2.24, 2.45) is 9.98 Å². The molecule has 0 aliphatic heterocycles. The van der Waals surface area contributed by atoms with Crippen molar-refractivity contribution in [2.75, 3.05) is 14.2 Å². The zero-order chi connectivity index (χ0) is 28.7. The van der Waals surface area contributed by atoms with Gasteiger partial charge < -0.3 is 26.7 Å². The zero-order valence-electron chi connectivity index (χ0n) is 22.2. The fraction of sp³-hybridized carbons (Fsp3) is 0.143. The second kappa shape index (κ2) is 17.5. The second-order valence-corrected chi connectivity index (χ2v) is 7.81. The molecule has 12 heteroatoms. The maximum atomic E-state index is 9.75. The van der Waals surface area contributed by atoms with Crippen LogP contribution in [0, 0.1) is 13.8 Å². The Morgan fingerprint density at radius 3 is 1.20 bits per heavy atom. The Morgan fingerprint density at radius 1 is 0.600 bits per heavy atom. The molecule has 2 aromatic carbocycles. The molecule has 2 aromatic heterocycles. The Kier molecular flexibility index (Phi) is 14.9. The molecule has 0 atom stereocenters. The van der Waals surface area contributed by atoms with Gasteiger partial charge >= 0.3 is 24.3 Å². The molecule has 0 saturated heterocycles. The first kappa shape index (κ1) is 34.0. The molecule has 4 rings (SSSR count). The zero-order valence-corrected chi connectivity index (χ0v) is 23.2. The molecule has 0 fully saturated rings. The number of aromatic nitrogens is 2. The van der Waals surface area contributed by atoms with Crippen molar-refractivity contribution in [3.8, 4) is 11.5 Å². The van der Waals surface area contributed by atoms with Crippen LogP contribution in [0.3, 0.4) is 0 Å². The molecule has 4 aromatic rings. The van der Waals surface area contributed by atoms with E-state index in [9.17, 15) is 17.3 Å². The number of hydrogen-bond donors (Lipinski definition) is 0. The van der Waals surface area contributed by atoms with E-state index < -0.39 is 7.25 Å². The van der Waals surface area contributed by atoms with Gasteiger partial charge in [-0.1, -0.05) is 12.1 Å². The number of rotatable bonds is 6. The van der Waals surface area contributed by atoms with E-state index in [1.807, 2.05) is 98.8 Å². The van der Waals surface area contributed by atoms with Crippen LogP contribution < -0.4 is 9.47 Å². The Hall–Kier alpha value is -4.02. The Bertz CT molecular complexity index is 1250. The summed E-state index contributed by atoms with van der Waals surface area (Å²) in [4.78, 5) is 17.4. The summed E-state index contributed by atoms with van der Waals surface area (Å²) in [6, 6.07) is 26.9. The number of halogens is 4. The van der Waals surface area contributed by atoms with E-state index in [1.54, 1.807) is 26.6 Å². The van der Waals surface area contributed by atoms with Crippen molar-refractivity contribution in [2.45, 2.75) is 13.8 Å². The number of ether oxygens (including phenoxy) is 2. The summed E-state index contributed by atoms with van der Waals surface area (Å²) >= 11 is 0. The number of benzene rings is 2. The monoisotopic (exact) mass is 602 g/mol. The number of nitrogens with zero attached hydrogens (tertiary/aromatic N) is 4. The average Bonchev–Trinajstić information content (AvgIpc) is 2.91. The third-order valence-corrected chi connectivity index (χ3v) is 4.66. The SMILES string of the molecule is COc1ccc(N=Cc2cccc(C)n2)cc1.COc1ccc(N=Cc2cccc(C)n2)cc1.F[B-](F)(F)F.[Cu+]. The number of methoxy groups -OCH3 is 2. The van der Waals surface area contributed by atoms with E-state index in [-0.39, 0.29) is 17.1 Å². The fourth-order valence-corrected chi connectivity index (χ4v) is 2.89. The van der Waals surface area contributed by atoms with Gasteiger partial charge in [0.05, 0.1) is 49.4 Å². The van der Waals surface area contributed by atoms with Crippen molar-refractivity contribution < 1.29 is 43.8 Å². The van der Waals surface area contributed by atoms with Gasteiger partial charge in [-0.3, -0.25) is 20.0 Å². The fourth-order valence-electron chi connectivity index (χ4n) is 2.89. The van der Waals surface area contributed by atoms with Crippen LogP contribution in [0.15, 0.2) is 94.9 Å². The minimum Gasteiger partial charge on any atom is -0.497 e. The van der Waals surface area contributed by atoms with E-state index in [0.717, 1.165) is 45.6 Å². The van der Waals surface area contributed by atoms with Crippen molar-refractivity contribution in [1.82, 2.24) is 9.97 Å². The van der Waals surface area contributed by atoms with Crippen molar-refractivity contribution >= 4 is 31.1 Å². The minimum atomic E-state index is -6.00. The van der Waals surface area contributed by atoms with Gasteiger partial charge in [0.15, 0.2) is 0 Å². The van der Waals surface area contributed by atoms with E-state index >= 15 is 0 Å². The van der Waals surface area contributed by atoms with Crippen molar-refractivity contribution in [3.05, 3.63) is 108 Å². The number of aliphatic imine (C=N–C) groups is 2. The predicted molar refractivity (Wildman–Crippen MR) is 149 cm³/mol. The third-order valence-electron chi connectivity index (χ3n) is 4.66. The first-order chi connectivity index (χ1) is 18.6. The molecule has 2 heterocycles. The topological polar surface area (TPSA) is 69.0 Å². The molecule has 40 heavy (non-hydrogen) atoms. The first-order valence-corrected chi connectivity index (χ1v) is 11.7. The van der Waals surface area contributed by atoms with E-state index in [2.05, 4.69) is 20.0 Å². The Labute approximate surface area is 241 Å². The maximum Gasteiger partial charge on any atom is 1.00 e.